The summed E-state index contributed by atoms with van der Waals surface area (Å²) in [6.07, 6.45) is 4.14. The van der Waals surface area contributed by atoms with Gasteiger partial charge in [0.2, 0.25) is 15.9 Å². The van der Waals surface area contributed by atoms with E-state index in [2.05, 4.69) is 10.2 Å². The number of sulfonamides is 1. The molecule has 34 heavy (non-hydrogen) atoms. The quantitative estimate of drug-likeness (QED) is 0.622. The Kier molecular flexibility index (Phi) is 7.60. The third-order valence-corrected chi connectivity index (χ3v) is 9.02. The van der Waals surface area contributed by atoms with Crippen LogP contribution in [0.1, 0.15) is 42.0 Å². The summed E-state index contributed by atoms with van der Waals surface area (Å²) in [5, 5.41) is 3.09. The van der Waals surface area contributed by atoms with E-state index in [4.69, 9.17) is 4.74 Å². The molecule has 4 rings (SSSR count). The van der Waals surface area contributed by atoms with Gasteiger partial charge in [0.25, 0.3) is 0 Å². The van der Waals surface area contributed by atoms with Gasteiger partial charge in [-0.25, -0.2) is 8.42 Å². The Labute approximate surface area is 203 Å². The van der Waals surface area contributed by atoms with E-state index in [0.29, 0.717) is 37.4 Å². The van der Waals surface area contributed by atoms with Crippen LogP contribution in [0.3, 0.4) is 0 Å². The molecule has 2 aromatic carbocycles. The standard InChI is InChI=1S/C26H35N3O4S/c1-28(2)25(20-7-10-23(33-3)11-8-20)18-27-26(30)21-13-15-29(16-14-21)34(31,32)24-12-9-19-5-4-6-22(19)17-24/h7-12,17,21,25H,4-6,13-16,18H2,1-3H3,(H,27,30)/t25-/m0/s1. The number of carbonyl (C=O) groups is 1. The third-order valence-electron chi connectivity index (χ3n) is 7.13. The molecule has 1 saturated heterocycles. The minimum absolute atomic E-state index is 0.00468. The van der Waals surface area contributed by atoms with Crippen molar-refractivity contribution in [2.24, 2.45) is 5.92 Å². The van der Waals surface area contributed by atoms with E-state index in [1.54, 1.807) is 13.2 Å². The maximum absolute atomic E-state index is 13.2. The van der Waals surface area contributed by atoms with Gasteiger partial charge in [-0.1, -0.05) is 18.2 Å². The minimum atomic E-state index is -3.53. The fourth-order valence-corrected chi connectivity index (χ4v) is 6.50. The van der Waals surface area contributed by atoms with Crippen LogP contribution in [0.4, 0.5) is 0 Å². The molecule has 1 aliphatic heterocycles. The van der Waals surface area contributed by atoms with Crippen LogP contribution in [-0.4, -0.2) is 64.4 Å². The zero-order chi connectivity index (χ0) is 24.3. The number of hydrogen-bond donors (Lipinski definition) is 1. The van der Waals surface area contributed by atoms with Crippen LogP contribution in [0.15, 0.2) is 47.4 Å². The van der Waals surface area contributed by atoms with Gasteiger partial charge in [-0.15, -0.1) is 0 Å². The van der Waals surface area contributed by atoms with E-state index in [-0.39, 0.29) is 17.9 Å². The second kappa shape index (κ2) is 10.5. The summed E-state index contributed by atoms with van der Waals surface area (Å²) < 4.78 is 33.1. The van der Waals surface area contributed by atoms with E-state index in [1.165, 1.54) is 9.87 Å². The molecule has 0 unspecified atom stereocenters. The lowest BCUT2D eigenvalue weighted by Gasteiger charge is -2.31. The number of benzene rings is 2. The van der Waals surface area contributed by atoms with Gasteiger partial charge >= 0.3 is 0 Å². The summed E-state index contributed by atoms with van der Waals surface area (Å²) in [6, 6.07) is 13.4. The van der Waals surface area contributed by atoms with Crippen molar-refractivity contribution in [3.05, 3.63) is 59.2 Å². The molecule has 0 bridgehead atoms. The lowest BCUT2D eigenvalue weighted by atomic mass is 9.97. The first kappa shape index (κ1) is 24.7. The van der Waals surface area contributed by atoms with Crippen molar-refractivity contribution >= 4 is 15.9 Å². The molecule has 2 aromatic rings. The Hall–Kier alpha value is -2.42. The first-order valence-electron chi connectivity index (χ1n) is 12.0. The summed E-state index contributed by atoms with van der Waals surface area (Å²) in [4.78, 5) is 15.3. The van der Waals surface area contributed by atoms with E-state index in [0.717, 1.165) is 36.1 Å². The normalized spacial score (nSPS) is 18.0. The van der Waals surface area contributed by atoms with Gasteiger partial charge in [-0.3, -0.25) is 4.79 Å². The summed E-state index contributed by atoms with van der Waals surface area (Å²) in [5.41, 5.74) is 3.52. The van der Waals surface area contributed by atoms with Crippen molar-refractivity contribution in [3.8, 4) is 5.75 Å². The number of ether oxygens (including phenoxy) is 1. The van der Waals surface area contributed by atoms with Crippen LogP contribution in [0.25, 0.3) is 0 Å². The zero-order valence-electron chi connectivity index (χ0n) is 20.3. The number of piperidine rings is 1. The second-order valence-electron chi connectivity index (χ2n) is 9.46. The molecule has 0 spiro atoms. The van der Waals surface area contributed by atoms with Gasteiger partial charge in [0.05, 0.1) is 18.0 Å². The van der Waals surface area contributed by atoms with Gasteiger partial charge < -0.3 is 15.0 Å². The maximum atomic E-state index is 13.2. The average Bonchev–Trinajstić information content (AvgIpc) is 3.32. The van der Waals surface area contributed by atoms with Gasteiger partial charge in [0.15, 0.2) is 0 Å². The van der Waals surface area contributed by atoms with Gasteiger partial charge in [0, 0.05) is 25.6 Å². The number of nitrogens with one attached hydrogen (secondary N) is 1. The molecule has 1 aliphatic carbocycles. The van der Waals surface area contributed by atoms with Crippen LogP contribution in [0, 0.1) is 5.92 Å². The molecule has 1 heterocycles. The van der Waals surface area contributed by atoms with Crippen LogP contribution in [-0.2, 0) is 27.7 Å². The molecule has 0 aromatic heterocycles. The van der Waals surface area contributed by atoms with Gasteiger partial charge in [0.1, 0.15) is 5.75 Å². The van der Waals surface area contributed by atoms with Crippen molar-refractivity contribution in [2.75, 3.05) is 40.8 Å². The van der Waals surface area contributed by atoms with Gasteiger partial charge in [-0.05, 0) is 87.2 Å². The molecule has 8 heteroatoms. The number of rotatable bonds is 8. The molecule has 184 valence electrons. The first-order chi connectivity index (χ1) is 16.3. The molecular weight excluding hydrogens is 450 g/mol. The van der Waals surface area contributed by atoms with E-state index in [9.17, 15) is 13.2 Å². The number of aryl methyl sites for hydroxylation is 2. The Morgan fingerprint density at radius 3 is 2.41 bits per heavy atom. The first-order valence-corrected chi connectivity index (χ1v) is 13.4. The van der Waals surface area contributed by atoms with Crippen molar-refractivity contribution in [1.82, 2.24) is 14.5 Å². The number of methoxy groups -OCH3 is 1. The van der Waals surface area contributed by atoms with Crippen molar-refractivity contribution in [2.45, 2.75) is 43.0 Å². The summed E-state index contributed by atoms with van der Waals surface area (Å²) >= 11 is 0. The van der Waals surface area contributed by atoms with Crippen molar-refractivity contribution in [1.29, 1.82) is 0 Å². The Bertz CT molecular complexity index is 1110. The summed E-state index contributed by atoms with van der Waals surface area (Å²) in [7, 11) is 2.09. The second-order valence-corrected chi connectivity index (χ2v) is 11.4. The maximum Gasteiger partial charge on any atom is 0.243 e. The average molecular weight is 486 g/mol. The SMILES string of the molecule is COc1ccc([C@H](CNC(=O)C2CCN(S(=O)(=O)c3ccc4c(c3)CCC4)CC2)N(C)C)cc1. The van der Waals surface area contributed by atoms with Crippen molar-refractivity contribution in [3.63, 3.8) is 0 Å². The molecule has 1 N–H and O–H groups in total. The molecule has 2 aliphatic rings. The van der Waals surface area contributed by atoms with Crippen LogP contribution in [0.5, 0.6) is 5.75 Å². The number of nitrogens with zero attached hydrogens (tertiary/aromatic N) is 2. The highest BCUT2D eigenvalue weighted by atomic mass is 32.2. The Morgan fingerprint density at radius 1 is 1.09 bits per heavy atom. The minimum Gasteiger partial charge on any atom is -0.497 e. The highest BCUT2D eigenvalue weighted by molar-refractivity contribution is 7.89. The lowest BCUT2D eigenvalue weighted by molar-refractivity contribution is -0.126. The summed E-state index contributed by atoms with van der Waals surface area (Å²) in [5.74, 6) is 0.618. The number of hydrogen-bond acceptors (Lipinski definition) is 5. The molecular formula is C26H35N3O4S. The molecule has 0 radical (unpaired) electrons. The summed E-state index contributed by atoms with van der Waals surface area (Å²) in [6.45, 7) is 1.23. The molecule has 7 nitrogen and oxygen atoms in total. The van der Waals surface area contributed by atoms with E-state index in [1.807, 2.05) is 50.5 Å². The number of amides is 1. The third kappa shape index (κ3) is 5.29. The smallest absolute Gasteiger partial charge is 0.243 e. The van der Waals surface area contributed by atoms with Gasteiger partial charge in [-0.2, -0.15) is 4.31 Å². The highest BCUT2D eigenvalue weighted by Crippen LogP contribution is 2.29. The van der Waals surface area contributed by atoms with Crippen LogP contribution < -0.4 is 10.1 Å². The van der Waals surface area contributed by atoms with E-state index >= 15 is 0 Å². The predicted octanol–water partition coefficient (Wildman–Crippen LogP) is 3.00. The molecule has 1 atom stereocenters. The van der Waals surface area contributed by atoms with Crippen LogP contribution >= 0.6 is 0 Å². The molecule has 0 saturated carbocycles. The fraction of sp³-hybridized carbons (Fsp3) is 0.500. The van der Waals surface area contributed by atoms with Crippen LogP contribution in [0.2, 0.25) is 0 Å². The Morgan fingerprint density at radius 2 is 1.76 bits per heavy atom. The topological polar surface area (TPSA) is 79.0 Å². The predicted molar refractivity (Wildman–Crippen MR) is 132 cm³/mol. The fourth-order valence-electron chi connectivity index (χ4n) is 4.98. The van der Waals surface area contributed by atoms with E-state index < -0.39 is 10.0 Å². The zero-order valence-corrected chi connectivity index (χ0v) is 21.1. The largest absolute Gasteiger partial charge is 0.497 e. The Balaban J connectivity index is 1.33. The van der Waals surface area contributed by atoms with Crippen molar-refractivity contribution < 1.29 is 17.9 Å². The molecule has 1 amide bonds. The number of fused-ring (bicyclic) bond motifs is 1. The number of likely N-dealkylation sites (N-methyl/N-ethyl adjacent to an activating group) is 1. The lowest BCUT2D eigenvalue weighted by Crippen LogP contribution is -2.44. The monoisotopic (exact) mass is 485 g/mol. The highest BCUT2D eigenvalue weighted by Gasteiger charge is 2.33. The number of carbonyl (C=O) groups excluding carboxylic acids is 1. The molecule has 1 fully saturated rings.